The van der Waals surface area contributed by atoms with Crippen LogP contribution in [0.3, 0.4) is 0 Å². The summed E-state index contributed by atoms with van der Waals surface area (Å²) in [5, 5.41) is 0. The Hall–Kier alpha value is -3.22. The Bertz CT molecular complexity index is 1030. The Morgan fingerprint density at radius 1 is 1.06 bits per heavy atom. The van der Waals surface area contributed by atoms with Crippen molar-refractivity contribution >= 4 is 23.2 Å². The molecule has 0 radical (unpaired) electrons. The molecule has 2 aromatic rings. The largest absolute Gasteiger partial charge is 0.495 e. The van der Waals surface area contributed by atoms with E-state index in [0.717, 1.165) is 23.4 Å². The van der Waals surface area contributed by atoms with E-state index >= 15 is 0 Å². The van der Waals surface area contributed by atoms with Gasteiger partial charge >= 0.3 is 0 Å². The van der Waals surface area contributed by atoms with Gasteiger partial charge in [0.15, 0.2) is 6.61 Å². The van der Waals surface area contributed by atoms with Gasteiger partial charge in [0.2, 0.25) is 5.91 Å². The highest BCUT2D eigenvalue weighted by atomic mass is 16.5. The number of rotatable bonds is 6. The maximum Gasteiger partial charge on any atom is 0.265 e. The van der Waals surface area contributed by atoms with Gasteiger partial charge in [-0.15, -0.1) is 0 Å². The van der Waals surface area contributed by atoms with Crippen LogP contribution in [0.2, 0.25) is 0 Å². The van der Waals surface area contributed by atoms with Crippen LogP contribution in [0, 0.1) is 0 Å². The first-order valence-corrected chi connectivity index (χ1v) is 11.6. The topological polar surface area (TPSA) is 62.3 Å². The van der Waals surface area contributed by atoms with Crippen LogP contribution in [0.4, 0.5) is 11.4 Å². The number of fused-ring (bicyclic) bond motifs is 1. The minimum atomic E-state index is -0.185. The normalized spacial score (nSPS) is 16.4. The standard InChI is InChI=1S/C26H33N3O4/c1-5-26(2,3)19-10-11-23-21(16-19)29(25(31)18-33-23)17-24(30)28-14-12-27(13-15-28)20-8-6-7-9-22(20)32-4/h6-11,16H,5,12-15,17-18H2,1-4H3. The summed E-state index contributed by atoms with van der Waals surface area (Å²) in [6, 6.07) is 13.9. The van der Waals surface area contributed by atoms with Crippen LogP contribution in [-0.2, 0) is 15.0 Å². The third kappa shape index (κ3) is 4.63. The summed E-state index contributed by atoms with van der Waals surface area (Å²) in [6.07, 6.45) is 0.968. The van der Waals surface area contributed by atoms with Gasteiger partial charge in [0.05, 0.1) is 18.5 Å². The van der Waals surface area contributed by atoms with Gasteiger partial charge in [-0.25, -0.2) is 0 Å². The number of para-hydroxylation sites is 2. The van der Waals surface area contributed by atoms with Crippen molar-refractivity contribution in [2.45, 2.75) is 32.6 Å². The first kappa shape index (κ1) is 23.0. The molecule has 7 heteroatoms. The molecule has 2 aliphatic heterocycles. The molecule has 1 fully saturated rings. The number of ether oxygens (including phenoxy) is 2. The van der Waals surface area contributed by atoms with E-state index in [4.69, 9.17) is 9.47 Å². The van der Waals surface area contributed by atoms with Gasteiger partial charge < -0.3 is 19.3 Å². The number of piperazine rings is 1. The molecule has 2 heterocycles. The Kier molecular flexibility index (Phi) is 6.49. The SMILES string of the molecule is CCC(C)(C)c1ccc2c(c1)N(CC(=O)N1CCN(c3ccccc3OC)CC1)C(=O)CO2. The van der Waals surface area contributed by atoms with Crippen molar-refractivity contribution < 1.29 is 19.1 Å². The van der Waals surface area contributed by atoms with Crippen LogP contribution in [0.25, 0.3) is 0 Å². The average Bonchev–Trinajstić information content (AvgIpc) is 2.85. The number of benzene rings is 2. The van der Waals surface area contributed by atoms with Crippen molar-refractivity contribution in [3.8, 4) is 11.5 Å². The summed E-state index contributed by atoms with van der Waals surface area (Å²) < 4.78 is 11.1. The average molecular weight is 452 g/mol. The number of carbonyl (C=O) groups excluding carboxylic acids is 2. The van der Waals surface area contributed by atoms with Gasteiger partial charge in [-0.2, -0.15) is 0 Å². The highest BCUT2D eigenvalue weighted by Gasteiger charge is 2.32. The van der Waals surface area contributed by atoms with Crippen LogP contribution < -0.4 is 19.3 Å². The highest BCUT2D eigenvalue weighted by Crippen LogP contribution is 2.37. The molecule has 1 saturated heterocycles. The summed E-state index contributed by atoms with van der Waals surface area (Å²) in [5.41, 5.74) is 2.83. The Morgan fingerprint density at radius 2 is 1.79 bits per heavy atom. The van der Waals surface area contributed by atoms with Gasteiger partial charge in [-0.1, -0.05) is 39.0 Å². The van der Waals surface area contributed by atoms with Crippen molar-refractivity contribution in [3.05, 3.63) is 48.0 Å². The Morgan fingerprint density at radius 3 is 2.48 bits per heavy atom. The van der Waals surface area contributed by atoms with E-state index in [0.29, 0.717) is 37.6 Å². The molecule has 0 spiro atoms. The van der Waals surface area contributed by atoms with E-state index in [1.807, 2.05) is 41.3 Å². The number of hydrogen-bond donors (Lipinski definition) is 0. The fraction of sp³-hybridized carbons (Fsp3) is 0.462. The molecule has 7 nitrogen and oxygen atoms in total. The molecule has 176 valence electrons. The minimum absolute atomic E-state index is 0.0276. The van der Waals surface area contributed by atoms with Gasteiger partial charge in [-0.05, 0) is 41.7 Å². The molecule has 4 rings (SSSR count). The van der Waals surface area contributed by atoms with Crippen molar-refractivity contribution in [2.24, 2.45) is 0 Å². The molecule has 2 aliphatic rings. The van der Waals surface area contributed by atoms with E-state index in [9.17, 15) is 9.59 Å². The molecule has 2 aromatic carbocycles. The van der Waals surface area contributed by atoms with Crippen molar-refractivity contribution in [1.82, 2.24) is 4.90 Å². The zero-order chi connectivity index (χ0) is 23.6. The van der Waals surface area contributed by atoms with Crippen LogP contribution in [0.5, 0.6) is 11.5 Å². The van der Waals surface area contributed by atoms with E-state index in [1.165, 1.54) is 0 Å². The summed E-state index contributed by atoms with van der Waals surface area (Å²) in [5.74, 6) is 1.25. The second kappa shape index (κ2) is 9.33. The minimum Gasteiger partial charge on any atom is -0.495 e. The quantitative estimate of drug-likeness (QED) is 0.673. The molecule has 0 atom stereocenters. The lowest BCUT2D eigenvalue weighted by Gasteiger charge is -2.38. The summed E-state index contributed by atoms with van der Waals surface area (Å²) in [6.45, 7) is 9.12. The lowest BCUT2D eigenvalue weighted by atomic mass is 9.82. The fourth-order valence-electron chi connectivity index (χ4n) is 4.32. The molecule has 0 saturated carbocycles. The molecular formula is C26H33N3O4. The summed E-state index contributed by atoms with van der Waals surface area (Å²) in [7, 11) is 1.67. The van der Waals surface area contributed by atoms with Crippen molar-refractivity contribution in [2.75, 3.05) is 56.2 Å². The lowest BCUT2D eigenvalue weighted by molar-refractivity contribution is -0.132. The summed E-state index contributed by atoms with van der Waals surface area (Å²) in [4.78, 5) is 31.6. The highest BCUT2D eigenvalue weighted by molar-refractivity contribution is 6.02. The summed E-state index contributed by atoms with van der Waals surface area (Å²) >= 11 is 0. The zero-order valence-corrected chi connectivity index (χ0v) is 20.0. The van der Waals surface area contributed by atoms with Gasteiger partial charge in [0.25, 0.3) is 5.91 Å². The lowest BCUT2D eigenvalue weighted by Crippen LogP contribution is -2.53. The predicted octanol–water partition coefficient (Wildman–Crippen LogP) is 3.46. The monoisotopic (exact) mass is 451 g/mol. The smallest absolute Gasteiger partial charge is 0.265 e. The molecule has 0 unspecified atom stereocenters. The third-order valence-corrected chi connectivity index (χ3v) is 6.92. The second-order valence-electron chi connectivity index (χ2n) is 9.23. The molecule has 0 bridgehead atoms. The van der Waals surface area contributed by atoms with Crippen LogP contribution >= 0.6 is 0 Å². The van der Waals surface area contributed by atoms with Crippen LogP contribution in [0.1, 0.15) is 32.8 Å². The van der Waals surface area contributed by atoms with Gasteiger partial charge in [-0.3, -0.25) is 14.5 Å². The number of anilines is 2. The first-order chi connectivity index (χ1) is 15.8. The van der Waals surface area contributed by atoms with E-state index < -0.39 is 0 Å². The van der Waals surface area contributed by atoms with E-state index in [-0.39, 0.29) is 30.4 Å². The number of methoxy groups -OCH3 is 1. The molecule has 0 aromatic heterocycles. The maximum atomic E-state index is 13.2. The Balaban J connectivity index is 1.46. The maximum absolute atomic E-state index is 13.2. The van der Waals surface area contributed by atoms with Crippen LogP contribution in [-0.4, -0.2) is 63.2 Å². The number of carbonyl (C=O) groups is 2. The van der Waals surface area contributed by atoms with E-state index in [2.05, 4.69) is 31.7 Å². The van der Waals surface area contributed by atoms with Gasteiger partial charge in [0.1, 0.15) is 18.0 Å². The number of amides is 2. The second-order valence-corrected chi connectivity index (χ2v) is 9.23. The molecule has 0 N–H and O–H groups in total. The molecular weight excluding hydrogens is 418 g/mol. The zero-order valence-electron chi connectivity index (χ0n) is 20.0. The number of nitrogens with zero attached hydrogens (tertiary/aromatic N) is 3. The van der Waals surface area contributed by atoms with Crippen LogP contribution in [0.15, 0.2) is 42.5 Å². The molecule has 2 amide bonds. The molecule has 0 aliphatic carbocycles. The Labute approximate surface area is 195 Å². The first-order valence-electron chi connectivity index (χ1n) is 11.6. The third-order valence-electron chi connectivity index (χ3n) is 6.92. The molecule has 33 heavy (non-hydrogen) atoms. The predicted molar refractivity (Wildman–Crippen MR) is 129 cm³/mol. The van der Waals surface area contributed by atoms with E-state index in [1.54, 1.807) is 12.0 Å². The van der Waals surface area contributed by atoms with Gasteiger partial charge in [0, 0.05) is 26.2 Å². The van der Waals surface area contributed by atoms with Crippen molar-refractivity contribution in [3.63, 3.8) is 0 Å². The number of hydrogen-bond acceptors (Lipinski definition) is 5. The van der Waals surface area contributed by atoms with Crippen molar-refractivity contribution in [1.29, 1.82) is 0 Å². The fourth-order valence-corrected chi connectivity index (χ4v) is 4.32.